The van der Waals surface area contributed by atoms with Crippen molar-refractivity contribution in [2.75, 3.05) is 42.2 Å². The summed E-state index contributed by atoms with van der Waals surface area (Å²) >= 11 is 10.8. The quantitative estimate of drug-likeness (QED) is 0.166. The number of hydrogen-bond donors (Lipinski definition) is 2. The highest BCUT2D eigenvalue weighted by molar-refractivity contribution is 6.19. The molecular weight excluding hydrogens is 585 g/mol. The summed E-state index contributed by atoms with van der Waals surface area (Å²) < 4.78 is 0. The molecule has 7 rings (SSSR count). The Morgan fingerprint density at radius 1 is 0.907 bits per heavy atom. The fourth-order valence-electron chi connectivity index (χ4n) is 5.92. The van der Waals surface area contributed by atoms with Gasteiger partial charge in [-0.3, -0.25) is 9.59 Å². The molecule has 1 unspecified atom stereocenters. The number of phenolic OH excluding ortho intramolecular Hbond substituents is 2. The number of carbonyl (C=O) groups is 2. The molecule has 220 valence electrons. The van der Waals surface area contributed by atoms with E-state index in [2.05, 4.69) is 34.6 Å². The average molecular weight is 617 g/mol. The Bertz CT molecular complexity index is 1830. The van der Waals surface area contributed by atoms with Crippen LogP contribution in [0, 0.1) is 0 Å². The van der Waals surface area contributed by atoms with Gasteiger partial charge in [-0.1, -0.05) is 54.6 Å². The van der Waals surface area contributed by atoms with E-state index in [4.69, 9.17) is 11.6 Å². The minimum atomic E-state index is -0.322. The summed E-state index contributed by atoms with van der Waals surface area (Å²) in [6.07, 6.45) is 3.15. The number of anilines is 2. The molecule has 2 aliphatic rings. The zero-order valence-corrected chi connectivity index (χ0v) is 25.3. The zero-order valence-electron chi connectivity index (χ0n) is 23.8. The van der Waals surface area contributed by atoms with Gasteiger partial charge in [0.2, 0.25) is 0 Å². The number of benzene rings is 4. The molecule has 0 bridgehead atoms. The lowest BCUT2D eigenvalue weighted by Gasteiger charge is -2.18. The number of pyridine rings is 1. The third kappa shape index (κ3) is 5.58. The van der Waals surface area contributed by atoms with Crippen LogP contribution in [0.2, 0.25) is 0 Å². The topological polar surface area (TPSA) is 94.0 Å². The molecule has 1 amide bonds. The fourth-order valence-corrected chi connectivity index (χ4v) is 6.18. The molecule has 0 fully saturated rings. The van der Waals surface area contributed by atoms with Gasteiger partial charge in [0, 0.05) is 66.9 Å². The van der Waals surface area contributed by atoms with E-state index < -0.39 is 0 Å². The largest absolute Gasteiger partial charge is 0.507 e. The van der Waals surface area contributed by atoms with E-state index in [-0.39, 0.29) is 29.0 Å². The molecular formula is C34H31Cl2N3O4. The van der Waals surface area contributed by atoms with Crippen molar-refractivity contribution < 1.29 is 19.8 Å². The lowest BCUT2D eigenvalue weighted by Crippen LogP contribution is -2.31. The highest BCUT2D eigenvalue weighted by atomic mass is 35.5. The Morgan fingerprint density at radius 2 is 1.51 bits per heavy atom. The van der Waals surface area contributed by atoms with Crippen molar-refractivity contribution in [1.29, 1.82) is 0 Å². The molecule has 1 aromatic heterocycles. The maximum Gasteiger partial charge on any atom is 0.276 e. The average Bonchev–Trinajstić information content (AvgIpc) is 3.62. The minimum absolute atomic E-state index is 0.0460. The molecule has 0 radical (unpaired) electrons. The van der Waals surface area contributed by atoms with E-state index in [1.807, 2.05) is 48.5 Å². The Balaban J connectivity index is 0.000000183. The Kier molecular flexibility index (Phi) is 9.04. The minimum Gasteiger partial charge on any atom is -0.507 e. The summed E-state index contributed by atoms with van der Waals surface area (Å²) in [5.74, 6) is 0.487. The third-order valence-electron chi connectivity index (χ3n) is 7.91. The summed E-state index contributed by atoms with van der Waals surface area (Å²) in [7, 11) is 2.07. The SMILES string of the molecule is CCl.CN1CCc2c1cc(O)c1ccccc21.O=Cc1cccc(C(=O)N2CC(CCl)c3c2cc(O)c2ccccc32)n1. The first-order valence-corrected chi connectivity index (χ1v) is 15.1. The normalized spacial score (nSPS) is 14.8. The van der Waals surface area contributed by atoms with Crippen LogP contribution in [-0.2, 0) is 6.42 Å². The number of amides is 1. The van der Waals surface area contributed by atoms with Crippen LogP contribution < -0.4 is 9.80 Å². The van der Waals surface area contributed by atoms with Crippen molar-refractivity contribution >= 4 is 68.3 Å². The molecule has 1 atom stereocenters. The van der Waals surface area contributed by atoms with Crippen LogP contribution in [0.25, 0.3) is 21.5 Å². The number of aldehydes is 1. The molecule has 2 aliphatic heterocycles. The van der Waals surface area contributed by atoms with Crippen LogP contribution in [-0.4, -0.2) is 59.8 Å². The molecule has 43 heavy (non-hydrogen) atoms. The number of likely N-dealkylation sites (N-methyl/N-ethyl adjacent to an activating group) is 1. The highest BCUT2D eigenvalue weighted by Crippen LogP contribution is 2.45. The first-order chi connectivity index (χ1) is 20.9. The van der Waals surface area contributed by atoms with Gasteiger partial charge in [-0.2, -0.15) is 0 Å². The van der Waals surface area contributed by atoms with E-state index in [1.165, 1.54) is 23.0 Å². The molecule has 9 heteroatoms. The Hall–Kier alpha value is -4.33. The molecule has 0 saturated carbocycles. The van der Waals surface area contributed by atoms with Gasteiger partial charge in [-0.15, -0.1) is 23.2 Å². The first kappa shape index (κ1) is 30.1. The number of alkyl halides is 2. The first-order valence-electron chi connectivity index (χ1n) is 13.8. The van der Waals surface area contributed by atoms with Crippen LogP contribution in [0.3, 0.4) is 0 Å². The molecule has 4 aromatic carbocycles. The van der Waals surface area contributed by atoms with E-state index in [0.29, 0.717) is 30.1 Å². The predicted octanol–water partition coefficient (Wildman–Crippen LogP) is 7.13. The zero-order chi connectivity index (χ0) is 30.7. The number of hydrogen-bond acceptors (Lipinski definition) is 6. The standard InChI is InChI=1S/C20H15ClN2O3.C13H13NO.CH3Cl/c21-9-12-10-23(20(26)16-7-3-4-13(11-24)22-16)17-8-18(25)14-5-1-2-6-15(14)19(12)17;1-14-7-6-10-9-4-2-3-5-11(9)13(15)8-12(10)14;1-2/h1-8,11-12,25H,9-10H2;2-5,8,15H,6-7H2,1H3;1H3. The van der Waals surface area contributed by atoms with Crippen molar-refractivity contribution in [2.24, 2.45) is 0 Å². The molecule has 3 heterocycles. The highest BCUT2D eigenvalue weighted by Gasteiger charge is 2.35. The van der Waals surface area contributed by atoms with E-state index in [1.54, 1.807) is 29.2 Å². The van der Waals surface area contributed by atoms with E-state index in [9.17, 15) is 19.8 Å². The fraction of sp³-hybridized carbons (Fsp3) is 0.206. The molecule has 0 aliphatic carbocycles. The predicted molar refractivity (Wildman–Crippen MR) is 175 cm³/mol. The smallest absolute Gasteiger partial charge is 0.276 e. The second-order valence-electron chi connectivity index (χ2n) is 10.3. The summed E-state index contributed by atoms with van der Waals surface area (Å²) in [5, 5.41) is 24.1. The van der Waals surface area contributed by atoms with Crippen LogP contribution in [0.15, 0.2) is 78.9 Å². The third-order valence-corrected chi connectivity index (χ3v) is 8.28. The molecule has 0 saturated heterocycles. The number of rotatable bonds is 3. The molecule has 0 spiro atoms. The number of fused-ring (bicyclic) bond motifs is 6. The van der Waals surface area contributed by atoms with Gasteiger partial charge in [-0.05, 0) is 40.5 Å². The van der Waals surface area contributed by atoms with Crippen molar-refractivity contribution in [3.63, 3.8) is 0 Å². The summed E-state index contributed by atoms with van der Waals surface area (Å²) in [6, 6.07) is 23.8. The van der Waals surface area contributed by atoms with Crippen LogP contribution >= 0.6 is 23.2 Å². The monoisotopic (exact) mass is 615 g/mol. The number of halogens is 2. The Morgan fingerprint density at radius 3 is 2.16 bits per heavy atom. The van der Waals surface area contributed by atoms with Crippen molar-refractivity contribution in [3.05, 3.63) is 101 Å². The van der Waals surface area contributed by atoms with Crippen molar-refractivity contribution in [3.8, 4) is 11.5 Å². The Labute approximate surface area is 259 Å². The summed E-state index contributed by atoms with van der Waals surface area (Å²) in [4.78, 5) is 31.8. The number of phenols is 2. The number of carbonyl (C=O) groups excluding carboxylic acids is 2. The van der Waals surface area contributed by atoms with Crippen LogP contribution in [0.5, 0.6) is 11.5 Å². The summed E-state index contributed by atoms with van der Waals surface area (Å²) in [6.45, 7) is 1.45. The maximum atomic E-state index is 13.0. The second kappa shape index (κ2) is 12.9. The van der Waals surface area contributed by atoms with Gasteiger partial charge in [0.1, 0.15) is 22.9 Å². The van der Waals surface area contributed by atoms with Gasteiger partial charge in [0.25, 0.3) is 5.91 Å². The second-order valence-corrected chi connectivity index (χ2v) is 10.6. The summed E-state index contributed by atoms with van der Waals surface area (Å²) in [5.41, 5.74) is 4.51. The molecule has 7 nitrogen and oxygen atoms in total. The number of aromatic hydroxyl groups is 2. The van der Waals surface area contributed by atoms with E-state index >= 15 is 0 Å². The molecule has 2 N–H and O–H groups in total. The number of nitrogens with zero attached hydrogens (tertiary/aromatic N) is 3. The van der Waals surface area contributed by atoms with E-state index in [0.717, 1.165) is 34.7 Å². The number of aromatic nitrogens is 1. The maximum absolute atomic E-state index is 13.0. The van der Waals surface area contributed by atoms with Crippen molar-refractivity contribution in [2.45, 2.75) is 12.3 Å². The lowest BCUT2D eigenvalue weighted by atomic mass is 9.95. The van der Waals surface area contributed by atoms with Crippen LogP contribution in [0.4, 0.5) is 11.4 Å². The van der Waals surface area contributed by atoms with Gasteiger partial charge in [0.15, 0.2) is 6.29 Å². The van der Waals surface area contributed by atoms with Crippen LogP contribution in [0.1, 0.15) is 38.0 Å². The molecule has 5 aromatic rings. The van der Waals surface area contributed by atoms with Gasteiger partial charge >= 0.3 is 0 Å². The van der Waals surface area contributed by atoms with Crippen molar-refractivity contribution in [1.82, 2.24) is 4.98 Å². The van der Waals surface area contributed by atoms with Gasteiger partial charge in [0.05, 0.1) is 5.69 Å². The van der Waals surface area contributed by atoms with Gasteiger partial charge in [-0.25, -0.2) is 4.98 Å². The van der Waals surface area contributed by atoms with Gasteiger partial charge < -0.3 is 20.0 Å². The lowest BCUT2D eigenvalue weighted by molar-refractivity contribution is 0.0983.